The van der Waals surface area contributed by atoms with Crippen LogP contribution in [-0.4, -0.2) is 52.1 Å². The van der Waals surface area contributed by atoms with Crippen molar-refractivity contribution in [1.29, 1.82) is 0 Å². The number of rotatable bonds is 5. The lowest BCUT2D eigenvalue weighted by molar-refractivity contribution is -0.138. The van der Waals surface area contributed by atoms with Crippen LogP contribution in [0.2, 0.25) is 0 Å². The van der Waals surface area contributed by atoms with Crippen molar-refractivity contribution in [3.8, 4) is 0 Å². The van der Waals surface area contributed by atoms with Crippen molar-refractivity contribution in [3.05, 3.63) is 0 Å². The van der Waals surface area contributed by atoms with Gasteiger partial charge in [-0.2, -0.15) is 0 Å². The first-order valence-corrected chi connectivity index (χ1v) is 8.28. The topological polar surface area (TPSA) is 60.9 Å². The molecule has 2 amide bonds. The van der Waals surface area contributed by atoms with Crippen LogP contribution in [0.25, 0.3) is 0 Å². The number of carboxylic acid groups (broad SMARTS) is 1. The van der Waals surface area contributed by atoms with Gasteiger partial charge in [0.1, 0.15) is 0 Å². The van der Waals surface area contributed by atoms with E-state index in [2.05, 4.69) is 13.8 Å². The molecule has 1 unspecified atom stereocenters. The summed E-state index contributed by atoms with van der Waals surface area (Å²) in [5, 5.41) is 9.02. The molecule has 0 bridgehead atoms. The molecule has 1 aliphatic heterocycles. The van der Waals surface area contributed by atoms with E-state index < -0.39 is 5.97 Å². The molecule has 21 heavy (non-hydrogen) atoms. The molecule has 1 saturated heterocycles. The maximum absolute atomic E-state index is 12.9. The standard InChI is InChI=1S/C16H28N2O3/c1-12(2)11-18(13-6-3-4-7-13)16(21)17-9-5-8-14(17)10-15(19)20/h12-14H,3-11H2,1-2H3,(H,19,20). The average Bonchev–Trinajstić information content (AvgIpc) is 3.05. The van der Waals surface area contributed by atoms with Gasteiger partial charge in [-0.3, -0.25) is 4.79 Å². The summed E-state index contributed by atoms with van der Waals surface area (Å²) in [6.45, 7) is 5.75. The number of likely N-dealkylation sites (tertiary alicyclic amines) is 1. The van der Waals surface area contributed by atoms with Gasteiger partial charge in [0.2, 0.25) is 0 Å². The zero-order valence-corrected chi connectivity index (χ0v) is 13.3. The van der Waals surface area contributed by atoms with Crippen molar-refractivity contribution >= 4 is 12.0 Å². The molecule has 1 N–H and O–H groups in total. The van der Waals surface area contributed by atoms with E-state index in [1.54, 1.807) is 0 Å². The molecule has 2 rings (SSSR count). The van der Waals surface area contributed by atoms with E-state index in [0.717, 1.165) is 32.2 Å². The molecule has 0 aromatic carbocycles. The van der Waals surface area contributed by atoms with Crippen LogP contribution in [-0.2, 0) is 4.79 Å². The number of aliphatic carboxylic acids is 1. The minimum absolute atomic E-state index is 0.0688. The van der Waals surface area contributed by atoms with Crippen molar-refractivity contribution < 1.29 is 14.7 Å². The van der Waals surface area contributed by atoms with Crippen LogP contribution in [0, 0.1) is 5.92 Å². The Kier molecular flexibility index (Phi) is 5.48. The maximum atomic E-state index is 12.9. The second-order valence-electron chi connectivity index (χ2n) is 6.85. The zero-order chi connectivity index (χ0) is 15.4. The van der Waals surface area contributed by atoms with E-state index >= 15 is 0 Å². The molecule has 1 saturated carbocycles. The van der Waals surface area contributed by atoms with Gasteiger partial charge in [-0.15, -0.1) is 0 Å². The molecule has 0 spiro atoms. The Morgan fingerprint density at radius 1 is 1.19 bits per heavy atom. The van der Waals surface area contributed by atoms with Gasteiger partial charge >= 0.3 is 12.0 Å². The van der Waals surface area contributed by atoms with Gasteiger partial charge < -0.3 is 14.9 Å². The molecule has 1 atom stereocenters. The first kappa shape index (κ1) is 16.1. The number of hydrogen-bond acceptors (Lipinski definition) is 2. The minimum atomic E-state index is -0.809. The van der Waals surface area contributed by atoms with E-state index in [-0.39, 0.29) is 18.5 Å². The number of carbonyl (C=O) groups is 2. The smallest absolute Gasteiger partial charge is 0.320 e. The molecule has 0 aromatic rings. The van der Waals surface area contributed by atoms with Crippen LogP contribution < -0.4 is 0 Å². The Balaban J connectivity index is 2.07. The fraction of sp³-hybridized carbons (Fsp3) is 0.875. The lowest BCUT2D eigenvalue weighted by Gasteiger charge is -2.36. The van der Waals surface area contributed by atoms with Crippen molar-refractivity contribution in [2.45, 2.75) is 70.9 Å². The van der Waals surface area contributed by atoms with Crippen LogP contribution >= 0.6 is 0 Å². The molecule has 0 aromatic heterocycles. The first-order chi connectivity index (χ1) is 9.99. The van der Waals surface area contributed by atoms with Crippen molar-refractivity contribution in [2.24, 2.45) is 5.92 Å². The molecule has 120 valence electrons. The molecule has 1 heterocycles. The van der Waals surface area contributed by atoms with Crippen molar-refractivity contribution in [2.75, 3.05) is 13.1 Å². The summed E-state index contributed by atoms with van der Waals surface area (Å²) in [4.78, 5) is 27.7. The predicted octanol–water partition coefficient (Wildman–Crippen LogP) is 2.95. The fourth-order valence-corrected chi connectivity index (χ4v) is 3.66. The summed E-state index contributed by atoms with van der Waals surface area (Å²) in [7, 11) is 0. The SMILES string of the molecule is CC(C)CN(C(=O)N1CCCC1CC(=O)O)C1CCCC1. The zero-order valence-electron chi connectivity index (χ0n) is 13.3. The number of urea groups is 1. The molecule has 2 aliphatic rings. The highest BCUT2D eigenvalue weighted by molar-refractivity contribution is 5.77. The van der Waals surface area contributed by atoms with Gasteiger partial charge in [0.15, 0.2) is 0 Å². The summed E-state index contributed by atoms with van der Waals surface area (Å²) in [5.41, 5.74) is 0. The first-order valence-electron chi connectivity index (χ1n) is 8.28. The summed E-state index contributed by atoms with van der Waals surface area (Å²) >= 11 is 0. The molecular weight excluding hydrogens is 268 g/mol. The number of amides is 2. The number of carbonyl (C=O) groups excluding carboxylic acids is 1. The van der Waals surface area contributed by atoms with Gasteiger partial charge in [-0.05, 0) is 31.6 Å². The highest BCUT2D eigenvalue weighted by Crippen LogP contribution is 2.28. The third-order valence-corrected chi connectivity index (χ3v) is 4.61. The summed E-state index contributed by atoms with van der Waals surface area (Å²) in [6, 6.07) is 0.302. The van der Waals surface area contributed by atoms with Crippen LogP contribution in [0.1, 0.15) is 58.8 Å². The number of hydrogen-bond donors (Lipinski definition) is 1. The van der Waals surface area contributed by atoms with E-state index in [0.29, 0.717) is 18.5 Å². The summed E-state index contributed by atoms with van der Waals surface area (Å²) in [6.07, 6.45) is 6.40. The van der Waals surface area contributed by atoms with Gasteiger partial charge in [-0.25, -0.2) is 4.79 Å². The molecule has 1 aliphatic carbocycles. The highest BCUT2D eigenvalue weighted by atomic mass is 16.4. The van der Waals surface area contributed by atoms with Gasteiger partial charge in [-0.1, -0.05) is 26.7 Å². The molecular formula is C16H28N2O3. The van der Waals surface area contributed by atoms with Crippen LogP contribution in [0.5, 0.6) is 0 Å². The third-order valence-electron chi connectivity index (χ3n) is 4.61. The normalized spacial score (nSPS) is 23.0. The Bertz CT molecular complexity index is 378. The summed E-state index contributed by atoms with van der Waals surface area (Å²) < 4.78 is 0. The van der Waals surface area contributed by atoms with Crippen LogP contribution in [0.15, 0.2) is 0 Å². The fourth-order valence-electron chi connectivity index (χ4n) is 3.66. The molecule has 2 fully saturated rings. The van der Waals surface area contributed by atoms with E-state index in [4.69, 9.17) is 5.11 Å². The molecule has 0 radical (unpaired) electrons. The van der Waals surface area contributed by atoms with Crippen LogP contribution in [0.3, 0.4) is 0 Å². The maximum Gasteiger partial charge on any atom is 0.320 e. The Morgan fingerprint density at radius 3 is 2.43 bits per heavy atom. The van der Waals surface area contributed by atoms with E-state index in [1.165, 1.54) is 12.8 Å². The van der Waals surface area contributed by atoms with Crippen LogP contribution in [0.4, 0.5) is 4.79 Å². The Labute approximate surface area is 127 Å². The van der Waals surface area contributed by atoms with E-state index in [1.807, 2.05) is 9.80 Å². The summed E-state index contributed by atoms with van der Waals surface area (Å²) in [5.74, 6) is -0.369. The largest absolute Gasteiger partial charge is 0.481 e. The lowest BCUT2D eigenvalue weighted by atomic mass is 10.1. The predicted molar refractivity (Wildman–Crippen MR) is 81.2 cm³/mol. The average molecular weight is 296 g/mol. The number of nitrogens with zero attached hydrogens (tertiary/aromatic N) is 2. The van der Waals surface area contributed by atoms with Gasteiger partial charge in [0.25, 0.3) is 0 Å². The third kappa shape index (κ3) is 4.11. The Morgan fingerprint density at radius 2 is 1.86 bits per heavy atom. The number of carboxylic acids is 1. The monoisotopic (exact) mass is 296 g/mol. The lowest BCUT2D eigenvalue weighted by Crippen LogP contribution is -2.50. The highest BCUT2D eigenvalue weighted by Gasteiger charge is 2.36. The molecule has 5 heteroatoms. The second-order valence-corrected chi connectivity index (χ2v) is 6.85. The molecule has 5 nitrogen and oxygen atoms in total. The van der Waals surface area contributed by atoms with Gasteiger partial charge in [0.05, 0.1) is 6.42 Å². The Hall–Kier alpha value is -1.26. The van der Waals surface area contributed by atoms with Crippen molar-refractivity contribution in [1.82, 2.24) is 9.80 Å². The van der Waals surface area contributed by atoms with Gasteiger partial charge in [0, 0.05) is 25.2 Å². The van der Waals surface area contributed by atoms with Crippen molar-refractivity contribution in [3.63, 3.8) is 0 Å². The quantitative estimate of drug-likeness (QED) is 0.848. The minimum Gasteiger partial charge on any atom is -0.481 e. The second kappa shape index (κ2) is 7.14. The van der Waals surface area contributed by atoms with E-state index in [9.17, 15) is 9.59 Å².